The van der Waals surface area contributed by atoms with Crippen LogP contribution < -0.4 is 0 Å². The Balaban J connectivity index is 2.44. The van der Waals surface area contributed by atoms with Crippen molar-refractivity contribution in [2.75, 3.05) is 18.3 Å². The van der Waals surface area contributed by atoms with E-state index in [9.17, 15) is 0 Å². The molecule has 92 valence electrons. The largest absolute Gasteiger partial charge is 0.169 e. The molecule has 0 aromatic heterocycles. The molecule has 1 aromatic carbocycles. The van der Waals surface area contributed by atoms with E-state index >= 15 is 0 Å². The SMILES string of the molecule is CCC#Cc1ccc2c(c1)S(C)(SC)CCC2. The Kier molecular flexibility index (Phi) is 4.12. The second-order valence-corrected chi connectivity index (χ2v) is 10.9. The fraction of sp³-hybridized carbons (Fsp3) is 0.467. The number of aryl methyl sites for hydroxylation is 1. The van der Waals surface area contributed by atoms with Gasteiger partial charge in [0.15, 0.2) is 0 Å². The normalized spacial score (nSPS) is 26.3. The van der Waals surface area contributed by atoms with E-state index in [1.807, 2.05) is 0 Å². The second kappa shape index (κ2) is 5.42. The minimum Gasteiger partial charge on any atom is -0.169 e. The Labute approximate surface area is 110 Å². The van der Waals surface area contributed by atoms with Crippen LogP contribution in [0.1, 0.15) is 30.9 Å². The molecule has 1 aromatic rings. The van der Waals surface area contributed by atoms with Gasteiger partial charge in [0, 0.05) is 16.9 Å². The molecule has 0 nitrogen and oxygen atoms in total. The first kappa shape index (κ1) is 12.9. The maximum absolute atomic E-state index is 3.26. The van der Waals surface area contributed by atoms with Gasteiger partial charge in [-0.3, -0.25) is 0 Å². The third-order valence-electron chi connectivity index (χ3n) is 3.29. The van der Waals surface area contributed by atoms with Crippen LogP contribution >= 0.6 is 19.9 Å². The van der Waals surface area contributed by atoms with Crippen LogP contribution in [-0.2, 0) is 6.42 Å². The molecule has 0 N–H and O–H groups in total. The lowest BCUT2D eigenvalue weighted by atomic mass is 10.1. The molecule has 2 heteroatoms. The molecule has 0 saturated carbocycles. The Morgan fingerprint density at radius 3 is 2.94 bits per heavy atom. The lowest BCUT2D eigenvalue weighted by Gasteiger charge is -2.39. The summed E-state index contributed by atoms with van der Waals surface area (Å²) in [5.74, 6) is 7.80. The number of fused-ring (bicyclic) bond motifs is 1. The highest BCUT2D eigenvalue weighted by atomic mass is 33.2. The fourth-order valence-electron chi connectivity index (χ4n) is 2.25. The van der Waals surface area contributed by atoms with Crippen LogP contribution in [0.25, 0.3) is 0 Å². The zero-order valence-electron chi connectivity index (χ0n) is 10.9. The number of hydrogen-bond acceptors (Lipinski definition) is 1. The van der Waals surface area contributed by atoms with Gasteiger partial charge in [-0.15, -0.1) is 10.8 Å². The van der Waals surface area contributed by atoms with Crippen LogP contribution in [0.4, 0.5) is 0 Å². The molecule has 1 heterocycles. The number of benzene rings is 1. The fourth-order valence-corrected chi connectivity index (χ4v) is 6.47. The van der Waals surface area contributed by atoms with E-state index in [1.165, 1.54) is 24.2 Å². The Morgan fingerprint density at radius 2 is 2.24 bits per heavy atom. The molecule has 0 aliphatic carbocycles. The Morgan fingerprint density at radius 1 is 1.41 bits per heavy atom. The van der Waals surface area contributed by atoms with Gasteiger partial charge in [-0.25, -0.2) is 0 Å². The van der Waals surface area contributed by atoms with Crippen molar-refractivity contribution in [3.05, 3.63) is 29.3 Å². The van der Waals surface area contributed by atoms with E-state index in [0.29, 0.717) is 0 Å². The van der Waals surface area contributed by atoms with Crippen molar-refractivity contribution in [2.24, 2.45) is 0 Å². The Hall–Kier alpha value is -0.520. The minimum atomic E-state index is -0.636. The number of rotatable bonds is 1. The lowest BCUT2D eigenvalue weighted by molar-refractivity contribution is 0.883. The van der Waals surface area contributed by atoms with Crippen molar-refractivity contribution in [1.29, 1.82) is 0 Å². The number of hydrogen-bond donors (Lipinski definition) is 0. The van der Waals surface area contributed by atoms with Gasteiger partial charge in [0.25, 0.3) is 0 Å². The molecule has 1 atom stereocenters. The smallest absolute Gasteiger partial charge is 0.0256 e. The third kappa shape index (κ3) is 2.67. The summed E-state index contributed by atoms with van der Waals surface area (Å²) in [5, 5.41) is 0. The molecular weight excluding hydrogens is 244 g/mol. The molecule has 0 bridgehead atoms. The summed E-state index contributed by atoms with van der Waals surface area (Å²) < 4.78 is 0. The summed E-state index contributed by atoms with van der Waals surface area (Å²) in [6.45, 7) is 2.10. The van der Waals surface area contributed by atoms with Crippen molar-refractivity contribution in [3.63, 3.8) is 0 Å². The van der Waals surface area contributed by atoms with Crippen molar-refractivity contribution in [3.8, 4) is 11.8 Å². The molecule has 2 rings (SSSR count). The van der Waals surface area contributed by atoms with Crippen LogP contribution in [-0.4, -0.2) is 18.3 Å². The molecule has 1 aliphatic heterocycles. The topological polar surface area (TPSA) is 0 Å². The van der Waals surface area contributed by atoms with E-state index in [-0.39, 0.29) is 0 Å². The van der Waals surface area contributed by atoms with Crippen LogP contribution in [0.15, 0.2) is 23.1 Å². The van der Waals surface area contributed by atoms with Gasteiger partial charge in [0.1, 0.15) is 0 Å². The maximum atomic E-state index is 3.26. The zero-order valence-corrected chi connectivity index (χ0v) is 12.5. The molecule has 1 aliphatic rings. The lowest BCUT2D eigenvalue weighted by Crippen LogP contribution is -2.10. The summed E-state index contributed by atoms with van der Waals surface area (Å²) in [7, 11) is 1.42. The summed E-state index contributed by atoms with van der Waals surface area (Å²) >= 11 is 0. The van der Waals surface area contributed by atoms with Crippen molar-refractivity contribution in [2.45, 2.75) is 31.1 Å². The predicted octanol–water partition coefficient (Wildman–Crippen LogP) is 4.47. The standard InChI is InChI=1S/C15H20S2/c1-4-5-7-13-9-10-14-8-6-11-17(3,16-2)15(14)12-13/h9-10,12H,4,6,8,11H2,1-3H3. The first-order valence-corrected chi connectivity index (χ1v) is 10.1. The molecule has 0 radical (unpaired) electrons. The molecule has 0 saturated heterocycles. The second-order valence-electron chi connectivity index (χ2n) is 4.46. The quantitative estimate of drug-likeness (QED) is 0.533. The van der Waals surface area contributed by atoms with Crippen LogP contribution in [0.5, 0.6) is 0 Å². The average molecular weight is 264 g/mol. The summed E-state index contributed by atoms with van der Waals surface area (Å²) in [5.41, 5.74) is 2.76. The monoisotopic (exact) mass is 264 g/mol. The highest BCUT2D eigenvalue weighted by Gasteiger charge is 2.26. The van der Waals surface area contributed by atoms with E-state index in [2.05, 4.69) is 60.3 Å². The van der Waals surface area contributed by atoms with Gasteiger partial charge in [-0.1, -0.05) is 24.8 Å². The molecule has 0 amide bonds. The van der Waals surface area contributed by atoms with Gasteiger partial charge in [-0.2, -0.15) is 9.06 Å². The minimum absolute atomic E-state index is 0.636. The highest BCUT2D eigenvalue weighted by Crippen LogP contribution is 2.65. The summed E-state index contributed by atoms with van der Waals surface area (Å²) in [6.07, 6.45) is 8.24. The summed E-state index contributed by atoms with van der Waals surface area (Å²) in [6, 6.07) is 6.84. The van der Waals surface area contributed by atoms with Crippen molar-refractivity contribution in [1.82, 2.24) is 0 Å². The Bertz CT molecular complexity index is 468. The van der Waals surface area contributed by atoms with Crippen molar-refractivity contribution < 1.29 is 0 Å². The van der Waals surface area contributed by atoms with Gasteiger partial charge >= 0.3 is 0 Å². The zero-order chi connectivity index (χ0) is 12.3. The third-order valence-corrected chi connectivity index (χ3v) is 9.65. The van der Waals surface area contributed by atoms with Gasteiger partial charge in [-0.05, 0) is 48.8 Å². The van der Waals surface area contributed by atoms with Crippen molar-refractivity contribution >= 4 is 19.9 Å². The average Bonchev–Trinajstić information content (AvgIpc) is 2.37. The predicted molar refractivity (Wildman–Crippen MR) is 82.1 cm³/mol. The molecular formula is C15H20S2. The van der Waals surface area contributed by atoms with E-state index in [1.54, 1.807) is 10.5 Å². The van der Waals surface area contributed by atoms with Crippen LogP contribution in [0.2, 0.25) is 0 Å². The molecule has 1 unspecified atom stereocenters. The first-order valence-electron chi connectivity index (χ1n) is 6.13. The molecule has 17 heavy (non-hydrogen) atoms. The van der Waals surface area contributed by atoms with Gasteiger partial charge in [0.2, 0.25) is 0 Å². The van der Waals surface area contributed by atoms with E-state index in [4.69, 9.17) is 0 Å². The van der Waals surface area contributed by atoms with E-state index in [0.717, 1.165) is 6.42 Å². The van der Waals surface area contributed by atoms with E-state index < -0.39 is 9.06 Å². The van der Waals surface area contributed by atoms with Gasteiger partial charge < -0.3 is 0 Å². The van der Waals surface area contributed by atoms with Crippen LogP contribution in [0.3, 0.4) is 0 Å². The summed E-state index contributed by atoms with van der Waals surface area (Å²) in [4.78, 5) is 1.60. The molecule has 0 fully saturated rings. The highest BCUT2D eigenvalue weighted by molar-refractivity contribution is 8.93. The van der Waals surface area contributed by atoms with Crippen LogP contribution in [0, 0.1) is 11.8 Å². The van der Waals surface area contributed by atoms with Gasteiger partial charge in [0.05, 0.1) is 0 Å². The first-order chi connectivity index (χ1) is 8.19. The molecule has 0 spiro atoms. The maximum Gasteiger partial charge on any atom is 0.0256 e.